The lowest BCUT2D eigenvalue weighted by atomic mass is 10.1. The summed E-state index contributed by atoms with van der Waals surface area (Å²) in [6.45, 7) is 1.08. The maximum atomic E-state index is 13.8. The van der Waals surface area contributed by atoms with E-state index in [0.29, 0.717) is 13.1 Å². The number of nitrogens with one attached hydrogen (secondary N) is 1. The smallest absolute Gasteiger partial charge is 0.342 e. The van der Waals surface area contributed by atoms with Gasteiger partial charge < -0.3 is 15.0 Å². The number of carbonyl (C=O) groups is 2. The molecule has 26 heavy (non-hydrogen) atoms. The Morgan fingerprint density at radius 3 is 2.65 bits per heavy atom. The van der Waals surface area contributed by atoms with Crippen molar-refractivity contribution < 1.29 is 18.7 Å². The van der Waals surface area contributed by atoms with Gasteiger partial charge in [-0.3, -0.25) is 4.79 Å². The molecule has 0 saturated carbocycles. The van der Waals surface area contributed by atoms with E-state index < -0.39 is 11.8 Å². The molecule has 1 aromatic heterocycles. The quantitative estimate of drug-likeness (QED) is 0.833. The average Bonchev–Trinajstić information content (AvgIpc) is 2.68. The largest absolute Gasteiger partial charge is 0.452 e. The van der Waals surface area contributed by atoms with Crippen LogP contribution < -0.4 is 5.32 Å². The lowest BCUT2D eigenvalue weighted by Gasteiger charge is -2.26. The topological polar surface area (TPSA) is 71.5 Å². The van der Waals surface area contributed by atoms with Gasteiger partial charge in [-0.1, -0.05) is 12.1 Å². The highest BCUT2D eigenvalue weighted by molar-refractivity contribution is 5.96. The Bertz CT molecular complexity index is 791. The van der Waals surface area contributed by atoms with E-state index in [9.17, 15) is 14.0 Å². The van der Waals surface area contributed by atoms with E-state index in [1.165, 1.54) is 18.3 Å². The van der Waals surface area contributed by atoms with Gasteiger partial charge in [0, 0.05) is 19.3 Å². The van der Waals surface area contributed by atoms with Gasteiger partial charge in [-0.25, -0.2) is 14.2 Å². The molecule has 1 aliphatic rings. The molecule has 0 spiro atoms. The van der Waals surface area contributed by atoms with Gasteiger partial charge in [-0.2, -0.15) is 0 Å². The average molecular weight is 357 g/mol. The summed E-state index contributed by atoms with van der Waals surface area (Å²) < 4.78 is 19.0. The molecule has 1 fully saturated rings. The van der Waals surface area contributed by atoms with Crippen molar-refractivity contribution in [2.45, 2.75) is 19.3 Å². The van der Waals surface area contributed by atoms with Crippen LogP contribution in [0.3, 0.4) is 0 Å². The first-order chi connectivity index (χ1) is 12.6. The molecule has 7 heteroatoms. The molecule has 1 N–H and O–H groups in total. The molecule has 0 atom stereocenters. The molecule has 0 aliphatic carbocycles. The summed E-state index contributed by atoms with van der Waals surface area (Å²) in [7, 11) is 0. The van der Waals surface area contributed by atoms with Gasteiger partial charge >= 0.3 is 5.97 Å². The summed E-state index contributed by atoms with van der Waals surface area (Å²) in [5, 5.41) is 2.79. The van der Waals surface area contributed by atoms with Crippen LogP contribution in [0.2, 0.25) is 0 Å². The van der Waals surface area contributed by atoms with E-state index in [1.807, 2.05) is 0 Å². The standard InChI is InChI=1S/C19H20FN3O3/c20-15-8-2-3-9-16(15)22-18-14(7-6-10-21-18)19(25)26-13-17(24)23-11-4-1-5-12-23/h2-3,6-10H,1,4-5,11-13H2,(H,21,22). The number of rotatable bonds is 5. The molecule has 1 aromatic carbocycles. The molecule has 0 radical (unpaired) electrons. The molecule has 6 nitrogen and oxygen atoms in total. The fourth-order valence-electron chi connectivity index (χ4n) is 2.80. The molecular weight excluding hydrogens is 337 g/mol. The number of halogens is 1. The number of piperidine rings is 1. The molecule has 0 unspecified atom stereocenters. The predicted molar refractivity (Wildman–Crippen MR) is 94.6 cm³/mol. The number of nitrogens with zero attached hydrogens (tertiary/aromatic N) is 2. The number of hydrogen-bond acceptors (Lipinski definition) is 5. The molecule has 0 bridgehead atoms. The van der Waals surface area contributed by atoms with Crippen molar-refractivity contribution in [3.63, 3.8) is 0 Å². The number of benzene rings is 1. The molecule has 2 heterocycles. The first-order valence-electron chi connectivity index (χ1n) is 8.56. The number of likely N-dealkylation sites (tertiary alicyclic amines) is 1. The maximum Gasteiger partial charge on any atom is 0.342 e. The second-order valence-corrected chi connectivity index (χ2v) is 6.02. The zero-order chi connectivity index (χ0) is 18.4. The first kappa shape index (κ1) is 17.8. The number of hydrogen-bond donors (Lipinski definition) is 1. The lowest BCUT2D eigenvalue weighted by Crippen LogP contribution is -2.38. The maximum absolute atomic E-state index is 13.8. The van der Waals surface area contributed by atoms with Crippen LogP contribution in [0.15, 0.2) is 42.6 Å². The van der Waals surface area contributed by atoms with Crippen molar-refractivity contribution in [3.8, 4) is 0 Å². The van der Waals surface area contributed by atoms with Crippen LogP contribution in [0.5, 0.6) is 0 Å². The molecule has 2 aromatic rings. The highest BCUT2D eigenvalue weighted by Gasteiger charge is 2.20. The van der Waals surface area contributed by atoms with Gasteiger partial charge in [0.25, 0.3) is 5.91 Å². The van der Waals surface area contributed by atoms with Crippen LogP contribution in [-0.4, -0.2) is 41.5 Å². The van der Waals surface area contributed by atoms with E-state index in [-0.39, 0.29) is 29.6 Å². The number of ether oxygens (including phenoxy) is 1. The summed E-state index contributed by atoms with van der Waals surface area (Å²) in [6.07, 6.45) is 4.54. The molecule has 136 valence electrons. The number of pyridine rings is 1. The minimum Gasteiger partial charge on any atom is -0.452 e. The Morgan fingerprint density at radius 1 is 1.12 bits per heavy atom. The molecule has 1 amide bonds. The zero-order valence-electron chi connectivity index (χ0n) is 14.3. The number of para-hydroxylation sites is 1. The summed E-state index contributed by atoms with van der Waals surface area (Å²) in [5.74, 6) is -1.17. The highest BCUT2D eigenvalue weighted by atomic mass is 19.1. The van der Waals surface area contributed by atoms with Gasteiger partial charge in [-0.05, 0) is 43.5 Å². The molecule has 1 aliphatic heterocycles. The molecule has 3 rings (SSSR count). The predicted octanol–water partition coefficient (Wildman–Crippen LogP) is 3.13. The third-order valence-electron chi connectivity index (χ3n) is 4.19. The van der Waals surface area contributed by atoms with Crippen LogP contribution >= 0.6 is 0 Å². The summed E-state index contributed by atoms with van der Waals surface area (Å²) >= 11 is 0. The third kappa shape index (κ3) is 4.36. The van der Waals surface area contributed by atoms with Crippen LogP contribution in [0.25, 0.3) is 0 Å². The van der Waals surface area contributed by atoms with Crippen LogP contribution in [0.1, 0.15) is 29.6 Å². The van der Waals surface area contributed by atoms with Crippen molar-refractivity contribution in [2.24, 2.45) is 0 Å². The Balaban J connectivity index is 1.66. The van der Waals surface area contributed by atoms with E-state index in [0.717, 1.165) is 19.3 Å². The van der Waals surface area contributed by atoms with Gasteiger partial charge in [0.05, 0.1) is 5.69 Å². The van der Waals surface area contributed by atoms with E-state index in [4.69, 9.17) is 4.74 Å². The van der Waals surface area contributed by atoms with Crippen LogP contribution in [-0.2, 0) is 9.53 Å². The zero-order valence-corrected chi connectivity index (χ0v) is 14.3. The Morgan fingerprint density at radius 2 is 1.88 bits per heavy atom. The summed E-state index contributed by atoms with van der Waals surface area (Å²) in [6, 6.07) is 9.18. The van der Waals surface area contributed by atoms with Crippen molar-refractivity contribution in [3.05, 3.63) is 54.0 Å². The van der Waals surface area contributed by atoms with Gasteiger partial charge in [0.1, 0.15) is 17.2 Å². The Labute approximate surface area is 151 Å². The molecule has 1 saturated heterocycles. The van der Waals surface area contributed by atoms with Gasteiger partial charge in [-0.15, -0.1) is 0 Å². The number of aromatic nitrogens is 1. The van der Waals surface area contributed by atoms with Gasteiger partial charge in [0.15, 0.2) is 6.61 Å². The summed E-state index contributed by atoms with van der Waals surface area (Å²) in [5.41, 5.74) is 0.340. The van der Waals surface area contributed by atoms with Crippen LogP contribution in [0.4, 0.5) is 15.9 Å². The van der Waals surface area contributed by atoms with E-state index in [1.54, 1.807) is 29.2 Å². The second kappa shape index (κ2) is 8.42. The van der Waals surface area contributed by atoms with E-state index in [2.05, 4.69) is 10.3 Å². The SMILES string of the molecule is O=C(OCC(=O)N1CCCCC1)c1cccnc1Nc1ccccc1F. The Hall–Kier alpha value is -2.96. The van der Waals surface area contributed by atoms with Crippen molar-refractivity contribution in [1.82, 2.24) is 9.88 Å². The number of amides is 1. The fourth-order valence-corrected chi connectivity index (χ4v) is 2.80. The van der Waals surface area contributed by atoms with Crippen LogP contribution in [0, 0.1) is 5.82 Å². The number of anilines is 2. The Kier molecular flexibility index (Phi) is 5.78. The normalized spacial score (nSPS) is 14.0. The minimum absolute atomic E-state index is 0.141. The monoisotopic (exact) mass is 357 g/mol. The fraction of sp³-hybridized carbons (Fsp3) is 0.316. The second-order valence-electron chi connectivity index (χ2n) is 6.02. The lowest BCUT2D eigenvalue weighted by molar-refractivity contribution is -0.135. The van der Waals surface area contributed by atoms with Crippen molar-refractivity contribution in [2.75, 3.05) is 25.0 Å². The van der Waals surface area contributed by atoms with E-state index >= 15 is 0 Å². The van der Waals surface area contributed by atoms with Gasteiger partial charge in [0.2, 0.25) is 0 Å². The number of carbonyl (C=O) groups excluding carboxylic acids is 2. The highest BCUT2D eigenvalue weighted by Crippen LogP contribution is 2.21. The minimum atomic E-state index is -0.678. The summed E-state index contributed by atoms with van der Waals surface area (Å²) in [4.78, 5) is 30.3. The van der Waals surface area contributed by atoms with Crippen molar-refractivity contribution in [1.29, 1.82) is 0 Å². The number of esters is 1. The first-order valence-corrected chi connectivity index (χ1v) is 8.56. The van der Waals surface area contributed by atoms with Crippen molar-refractivity contribution >= 4 is 23.4 Å². The molecular formula is C19H20FN3O3. The third-order valence-corrected chi connectivity index (χ3v) is 4.19.